The topological polar surface area (TPSA) is 0 Å². The molecule has 0 spiro atoms. The third kappa shape index (κ3) is 3.94. The van der Waals surface area contributed by atoms with Crippen molar-refractivity contribution >= 4 is 16.3 Å². The molecule has 0 atom stereocenters. The van der Waals surface area contributed by atoms with Crippen LogP contribution in [-0.4, -0.2) is 0 Å². The van der Waals surface area contributed by atoms with Gasteiger partial charge >= 0.3 is 0 Å². The van der Waals surface area contributed by atoms with Crippen molar-refractivity contribution in [1.82, 2.24) is 0 Å². The van der Waals surface area contributed by atoms with Crippen molar-refractivity contribution in [2.75, 3.05) is 0 Å². The van der Waals surface area contributed by atoms with Crippen LogP contribution in [0.15, 0.2) is 85.0 Å². The van der Waals surface area contributed by atoms with Crippen molar-refractivity contribution in [1.29, 1.82) is 0 Å². The highest BCUT2D eigenvalue weighted by Crippen LogP contribution is 2.52. The monoisotopic (exact) mass is 470 g/mol. The first-order chi connectivity index (χ1) is 17.3. The van der Waals surface area contributed by atoms with Crippen LogP contribution in [-0.2, 0) is 11.8 Å². The molecule has 182 valence electrons. The van der Waals surface area contributed by atoms with Crippen LogP contribution >= 0.6 is 0 Å². The molecular formula is C36H38. The van der Waals surface area contributed by atoms with E-state index in [1.54, 1.807) is 0 Å². The zero-order chi connectivity index (χ0) is 25.6. The van der Waals surface area contributed by atoms with Crippen LogP contribution in [0.1, 0.15) is 79.5 Å². The first kappa shape index (κ1) is 24.3. The van der Waals surface area contributed by atoms with Crippen LogP contribution in [0.25, 0.3) is 27.5 Å². The Morgan fingerprint density at radius 1 is 0.889 bits per heavy atom. The summed E-state index contributed by atoms with van der Waals surface area (Å²) in [5, 5.41) is 2.74. The van der Waals surface area contributed by atoms with Gasteiger partial charge in [-0.05, 0) is 94.5 Å². The standard InChI is InChI=1S/C36H38/c1-8-12-24(4)28(9-2)29-18-16-26(20-25(29)5)21-27-22-34-35(31-14-11-10-13-30(27)31)32-17-15-23(3)19-33(32)36(34,6)7/h9-11,13-20,22H,2,8,12,21H2,1,3-7H3/b28-24+. The number of fused-ring (bicyclic) bond motifs is 5. The molecular weight excluding hydrogens is 432 g/mol. The SMILES string of the molecule is C=C/C(=C(/C)CCC)c1ccc(Cc2cc3c(c4ccccc24)-c2ccc(C)cc2C3(C)C)cc1C. The van der Waals surface area contributed by atoms with E-state index >= 15 is 0 Å². The fraction of sp³-hybridized carbons (Fsp3) is 0.278. The molecule has 0 heteroatoms. The first-order valence-electron chi connectivity index (χ1n) is 13.3. The van der Waals surface area contributed by atoms with E-state index in [1.165, 1.54) is 72.0 Å². The molecule has 1 aliphatic rings. The van der Waals surface area contributed by atoms with E-state index in [-0.39, 0.29) is 5.41 Å². The number of benzene rings is 4. The van der Waals surface area contributed by atoms with E-state index in [9.17, 15) is 0 Å². The Labute approximate surface area is 217 Å². The number of allylic oxidation sites excluding steroid dienone is 3. The Balaban J connectivity index is 1.62. The third-order valence-electron chi connectivity index (χ3n) is 8.19. The second-order valence-corrected chi connectivity index (χ2v) is 11.2. The summed E-state index contributed by atoms with van der Waals surface area (Å²) in [6.45, 7) is 17.8. The number of hydrogen-bond acceptors (Lipinski definition) is 0. The van der Waals surface area contributed by atoms with Crippen molar-refractivity contribution in [3.8, 4) is 11.1 Å². The zero-order valence-corrected chi connectivity index (χ0v) is 22.8. The molecule has 0 nitrogen and oxygen atoms in total. The Morgan fingerprint density at radius 3 is 2.33 bits per heavy atom. The Kier molecular flexibility index (Phi) is 6.25. The van der Waals surface area contributed by atoms with Gasteiger partial charge in [0.2, 0.25) is 0 Å². The predicted molar refractivity (Wildman–Crippen MR) is 158 cm³/mol. The molecule has 0 saturated carbocycles. The lowest BCUT2D eigenvalue weighted by Gasteiger charge is -2.23. The lowest BCUT2D eigenvalue weighted by molar-refractivity contribution is 0.659. The highest BCUT2D eigenvalue weighted by Gasteiger charge is 2.37. The number of hydrogen-bond donors (Lipinski definition) is 0. The molecule has 0 radical (unpaired) electrons. The molecule has 0 bridgehead atoms. The summed E-state index contributed by atoms with van der Waals surface area (Å²) >= 11 is 0. The van der Waals surface area contributed by atoms with E-state index in [1.807, 2.05) is 6.08 Å². The minimum absolute atomic E-state index is 0.00426. The van der Waals surface area contributed by atoms with Crippen LogP contribution in [0.2, 0.25) is 0 Å². The van der Waals surface area contributed by atoms with Crippen LogP contribution in [0.3, 0.4) is 0 Å². The highest BCUT2D eigenvalue weighted by molar-refractivity contribution is 6.04. The lowest BCUT2D eigenvalue weighted by atomic mass is 9.80. The molecule has 0 fully saturated rings. The quantitative estimate of drug-likeness (QED) is 0.246. The van der Waals surface area contributed by atoms with Gasteiger partial charge in [-0.25, -0.2) is 0 Å². The van der Waals surface area contributed by atoms with Gasteiger partial charge in [-0.3, -0.25) is 0 Å². The number of aryl methyl sites for hydroxylation is 2. The van der Waals surface area contributed by atoms with Crippen molar-refractivity contribution in [2.45, 2.75) is 66.2 Å². The van der Waals surface area contributed by atoms with Gasteiger partial charge in [0.15, 0.2) is 0 Å². The molecule has 0 aliphatic heterocycles. The van der Waals surface area contributed by atoms with Crippen molar-refractivity contribution in [3.63, 3.8) is 0 Å². The van der Waals surface area contributed by atoms with Crippen molar-refractivity contribution in [2.24, 2.45) is 0 Å². The average molecular weight is 471 g/mol. The summed E-state index contributed by atoms with van der Waals surface area (Å²) in [4.78, 5) is 0. The summed E-state index contributed by atoms with van der Waals surface area (Å²) in [5.74, 6) is 0. The largest absolute Gasteiger partial charge is 0.0984 e. The summed E-state index contributed by atoms with van der Waals surface area (Å²) in [7, 11) is 0. The minimum atomic E-state index is -0.00426. The Bertz CT molecular complexity index is 1520. The average Bonchev–Trinajstić information content (AvgIpc) is 3.07. The highest BCUT2D eigenvalue weighted by atomic mass is 14.4. The molecule has 0 amide bonds. The van der Waals surface area contributed by atoms with E-state index in [0.29, 0.717) is 0 Å². The summed E-state index contributed by atoms with van der Waals surface area (Å²) in [6.07, 6.45) is 5.23. The van der Waals surface area contributed by atoms with Gasteiger partial charge in [0.05, 0.1) is 0 Å². The van der Waals surface area contributed by atoms with Gasteiger partial charge in [-0.2, -0.15) is 0 Å². The third-order valence-corrected chi connectivity index (χ3v) is 8.19. The van der Waals surface area contributed by atoms with Gasteiger partial charge in [-0.1, -0.05) is 118 Å². The van der Waals surface area contributed by atoms with Gasteiger partial charge in [-0.15, -0.1) is 0 Å². The molecule has 0 heterocycles. The van der Waals surface area contributed by atoms with Gasteiger partial charge in [0.1, 0.15) is 0 Å². The second kappa shape index (κ2) is 9.25. The fourth-order valence-electron chi connectivity index (χ4n) is 6.30. The van der Waals surface area contributed by atoms with Gasteiger partial charge < -0.3 is 0 Å². The van der Waals surface area contributed by atoms with Crippen LogP contribution < -0.4 is 0 Å². The maximum Gasteiger partial charge on any atom is 0.0159 e. The molecule has 0 saturated heterocycles. The Hall–Kier alpha value is -3.38. The van der Waals surface area contributed by atoms with Gasteiger partial charge in [0.25, 0.3) is 0 Å². The molecule has 5 rings (SSSR count). The maximum absolute atomic E-state index is 4.12. The molecule has 1 aliphatic carbocycles. The molecule has 4 aromatic rings. The van der Waals surface area contributed by atoms with E-state index in [0.717, 1.165) is 19.3 Å². The summed E-state index contributed by atoms with van der Waals surface area (Å²) in [6, 6.07) is 25.5. The van der Waals surface area contributed by atoms with E-state index < -0.39 is 0 Å². The Morgan fingerprint density at radius 2 is 1.64 bits per heavy atom. The molecule has 4 aromatic carbocycles. The molecule has 0 aromatic heterocycles. The van der Waals surface area contributed by atoms with Crippen molar-refractivity contribution < 1.29 is 0 Å². The summed E-state index contributed by atoms with van der Waals surface area (Å²) < 4.78 is 0. The molecule has 0 unspecified atom stereocenters. The van der Waals surface area contributed by atoms with Crippen LogP contribution in [0.5, 0.6) is 0 Å². The summed E-state index contributed by atoms with van der Waals surface area (Å²) in [5.41, 5.74) is 15.2. The maximum atomic E-state index is 4.12. The van der Waals surface area contributed by atoms with Crippen molar-refractivity contribution in [3.05, 3.63) is 124 Å². The van der Waals surface area contributed by atoms with Crippen LogP contribution in [0, 0.1) is 13.8 Å². The van der Waals surface area contributed by atoms with Gasteiger partial charge in [0, 0.05) is 5.41 Å². The molecule has 0 N–H and O–H groups in total. The lowest BCUT2D eigenvalue weighted by Crippen LogP contribution is -2.15. The van der Waals surface area contributed by atoms with E-state index in [2.05, 4.69) is 115 Å². The fourth-order valence-corrected chi connectivity index (χ4v) is 6.30. The van der Waals surface area contributed by atoms with E-state index in [4.69, 9.17) is 0 Å². The zero-order valence-electron chi connectivity index (χ0n) is 22.8. The van der Waals surface area contributed by atoms with Crippen LogP contribution in [0.4, 0.5) is 0 Å². The second-order valence-electron chi connectivity index (χ2n) is 11.2. The smallest absolute Gasteiger partial charge is 0.0159 e. The molecule has 36 heavy (non-hydrogen) atoms. The number of rotatable bonds is 6. The normalized spacial score (nSPS) is 14.4. The first-order valence-corrected chi connectivity index (χ1v) is 13.3. The predicted octanol–water partition coefficient (Wildman–Crippen LogP) is 10.1. The minimum Gasteiger partial charge on any atom is -0.0984 e.